The molecule has 0 radical (unpaired) electrons. The largest absolute Gasteiger partial charge is 0.438 e. The molecule has 0 amide bonds. The fourth-order valence-corrected chi connectivity index (χ4v) is 2.67. The summed E-state index contributed by atoms with van der Waals surface area (Å²) >= 11 is 3.53. The molecule has 0 aliphatic rings. The second-order valence-electron chi connectivity index (χ2n) is 4.84. The summed E-state index contributed by atoms with van der Waals surface area (Å²) in [6.45, 7) is 4.06. The minimum Gasteiger partial charge on any atom is -0.438 e. The number of nitrogens with zero attached hydrogens (tertiary/aromatic N) is 1. The Balaban J connectivity index is 2.03. The SMILES string of the molecule is Cc1ccc(Oc2nc3ccccc3cc2C)c(Br)c1. The third-order valence-electron chi connectivity index (χ3n) is 3.16. The third kappa shape index (κ3) is 2.54. The molecule has 0 aliphatic heterocycles. The third-order valence-corrected chi connectivity index (χ3v) is 3.78. The molecule has 3 heteroatoms. The van der Waals surface area contributed by atoms with Crippen molar-refractivity contribution in [2.75, 3.05) is 0 Å². The van der Waals surface area contributed by atoms with Crippen molar-refractivity contribution in [2.24, 2.45) is 0 Å². The molecular formula is C17H14BrNO. The van der Waals surface area contributed by atoms with Crippen LogP contribution >= 0.6 is 15.9 Å². The summed E-state index contributed by atoms with van der Waals surface area (Å²) in [6.07, 6.45) is 0. The Hall–Kier alpha value is -1.87. The molecule has 1 heterocycles. The lowest BCUT2D eigenvalue weighted by molar-refractivity contribution is 0.458. The van der Waals surface area contributed by atoms with E-state index in [0.717, 1.165) is 26.7 Å². The minimum atomic E-state index is 0.647. The highest BCUT2D eigenvalue weighted by molar-refractivity contribution is 9.10. The Bertz CT molecular complexity index is 783. The highest BCUT2D eigenvalue weighted by Crippen LogP contribution is 2.32. The van der Waals surface area contributed by atoms with Gasteiger partial charge in [0, 0.05) is 10.9 Å². The van der Waals surface area contributed by atoms with Crippen molar-refractivity contribution < 1.29 is 4.74 Å². The van der Waals surface area contributed by atoms with Gasteiger partial charge < -0.3 is 4.74 Å². The number of ether oxygens (including phenoxy) is 1. The molecule has 0 N–H and O–H groups in total. The molecule has 0 aliphatic carbocycles. The number of rotatable bonds is 2. The fourth-order valence-electron chi connectivity index (χ4n) is 2.10. The molecule has 1 aromatic heterocycles. The van der Waals surface area contributed by atoms with Gasteiger partial charge in [-0.2, -0.15) is 0 Å². The Morgan fingerprint density at radius 2 is 1.80 bits per heavy atom. The normalized spacial score (nSPS) is 10.8. The van der Waals surface area contributed by atoms with Crippen LogP contribution in [0.1, 0.15) is 11.1 Å². The van der Waals surface area contributed by atoms with Gasteiger partial charge in [-0.3, -0.25) is 0 Å². The second kappa shape index (κ2) is 5.25. The van der Waals surface area contributed by atoms with Crippen LogP contribution < -0.4 is 4.74 Å². The summed E-state index contributed by atoms with van der Waals surface area (Å²) in [4.78, 5) is 4.59. The number of aryl methyl sites for hydroxylation is 2. The number of fused-ring (bicyclic) bond motifs is 1. The van der Waals surface area contributed by atoms with Crippen LogP contribution in [0.5, 0.6) is 11.6 Å². The molecule has 2 aromatic carbocycles. The van der Waals surface area contributed by atoms with Crippen LogP contribution in [0, 0.1) is 13.8 Å². The maximum absolute atomic E-state index is 5.95. The predicted octanol–water partition coefficient (Wildman–Crippen LogP) is 5.41. The molecule has 0 spiro atoms. The zero-order chi connectivity index (χ0) is 14.1. The lowest BCUT2D eigenvalue weighted by atomic mass is 10.2. The van der Waals surface area contributed by atoms with E-state index in [1.54, 1.807) is 0 Å². The van der Waals surface area contributed by atoms with Crippen LogP contribution in [-0.2, 0) is 0 Å². The number of pyridine rings is 1. The number of hydrogen-bond acceptors (Lipinski definition) is 2. The van der Waals surface area contributed by atoms with Crippen LogP contribution in [0.15, 0.2) is 53.0 Å². The molecule has 100 valence electrons. The van der Waals surface area contributed by atoms with Crippen LogP contribution in [0.25, 0.3) is 10.9 Å². The minimum absolute atomic E-state index is 0.647. The van der Waals surface area contributed by atoms with Crippen LogP contribution in [0.3, 0.4) is 0 Å². The number of para-hydroxylation sites is 1. The van der Waals surface area contributed by atoms with Crippen LogP contribution in [0.2, 0.25) is 0 Å². The van der Waals surface area contributed by atoms with E-state index in [1.807, 2.05) is 50.2 Å². The zero-order valence-electron chi connectivity index (χ0n) is 11.4. The van der Waals surface area contributed by atoms with E-state index in [2.05, 4.69) is 33.0 Å². The summed E-state index contributed by atoms with van der Waals surface area (Å²) in [5, 5.41) is 1.13. The topological polar surface area (TPSA) is 22.1 Å². The van der Waals surface area contributed by atoms with E-state index < -0.39 is 0 Å². The number of halogens is 1. The van der Waals surface area contributed by atoms with Gasteiger partial charge in [0.05, 0.1) is 9.99 Å². The number of benzene rings is 2. The van der Waals surface area contributed by atoms with E-state index in [-0.39, 0.29) is 0 Å². The lowest BCUT2D eigenvalue weighted by Crippen LogP contribution is -1.93. The van der Waals surface area contributed by atoms with Crippen molar-refractivity contribution in [1.29, 1.82) is 0 Å². The van der Waals surface area contributed by atoms with Gasteiger partial charge in [-0.05, 0) is 59.6 Å². The van der Waals surface area contributed by atoms with E-state index in [4.69, 9.17) is 4.74 Å². The van der Waals surface area contributed by atoms with Crippen molar-refractivity contribution >= 4 is 26.8 Å². The summed E-state index contributed by atoms with van der Waals surface area (Å²) in [5.41, 5.74) is 3.15. The molecule has 20 heavy (non-hydrogen) atoms. The van der Waals surface area contributed by atoms with Gasteiger partial charge in [0.25, 0.3) is 0 Å². The average Bonchev–Trinajstić information content (AvgIpc) is 2.42. The lowest BCUT2D eigenvalue weighted by Gasteiger charge is -2.11. The van der Waals surface area contributed by atoms with E-state index in [9.17, 15) is 0 Å². The van der Waals surface area contributed by atoms with Gasteiger partial charge in [-0.15, -0.1) is 0 Å². The predicted molar refractivity (Wildman–Crippen MR) is 85.4 cm³/mol. The van der Waals surface area contributed by atoms with Gasteiger partial charge >= 0.3 is 0 Å². The first kappa shape index (κ1) is 13.1. The monoisotopic (exact) mass is 327 g/mol. The first-order valence-corrected chi connectivity index (χ1v) is 7.23. The Kier molecular flexibility index (Phi) is 3.45. The molecule has 0 saturated carbocycles. The van der Waals surface area contributed by atoms with E-state index in [1.165, 1.54) is 5.56 Å². The van der Waals surface area contributed by atoms with Crippen molar-refractivity contribution in [3.63, 3.8) is 0 Å². The highest BCUT2D eigenvalue weighted by atomic mass is 79.9. The molecule has 0 atom stereocenters. The van der Waals surface area contributed by atoms with Gasteiger partial charge in [0.2, 0.25) is 5.88 Å². The van der Waals surface area contributed by atoms with Crippen LogP contribution in [0.4, 0.5) is 0 Å². The van der Waals surface area contributed by atoms with Gasteiger partial charge in [0.15, 0.2) is 0 Å². The summed E-state index contributed by atoms with van der Waals surface area (Å²) in [7, 11) is 0. The van der Waals surface area contributed by atoms with Crippen molar-refractivity contribution in [3.8, 4) is 11.6 Å². The van der Waals surface area contributed by atoms with Crippen molar-refractivity contribution in [3.05, 3.63) is 64.1 Å². The maximum Gasteiger partial charge on any atom is 0.222 e. The molecule has 0 bridgehead atoms. The second-order valence-corrected chi connectivity index (χ2v) is 5.69. The van der Waals surface area contributed by atoms with Crippen molar-refractivity contribution in [1.82, 2.24) is 4.98 Å². The quantitative estimate of drug-likeness (QED) is 0.628. The molecule has 0 saturated heterocycles. The molecule has 2 nitrogen and oxygen atoms in total. The van der Waals surface area contributed by atoms with Gasteiger partial charge in [-0.25, -0.2) is 4.98 Å². The first-order chi connectivity index (χ1) is 9.63. The van der Waals surface area contributed by atoms with Crippen molar-refractivity contribution in [2.45, 2.75) is 13.8 Å². The molecule has 0 unspecified atom stereocenters. The summed E-state index contributed by atoms with van der Waals surface area (Å²) < 4.78 is 6.88. The summed E-state index contributed by atoms with van der Waals surface area (Å²) in [6, 6.07) is 16.2. The number of hydrogen-bond donors (Lipinski definition) is 0. The first-order valence-electron chi connectivity index (χ1n) is 6.44. The molecule has 0 fully saturated rings. The smallest absolute Gasteiger partial charge is 0.222 e. The van der Waals surface area contributed by atoms with E-state index in [0.29, 0.717) is 5.88 Å². The molecule has 3 rings (SSSR count). The Labute approximate surface area is 126 Å². The number of aromatic nitrogens is 1. The van der Waals surface area contributed by atoms with Gasteiger partial charge in [0.1, 0.15) is 5.75 Å². The molecular weight excluding hydrogens is 314 g/mol. The maximum atomic E-state index is 5.95. The highest BCUT2D eigenvalue weighted by Gasteiger charge is 2.08. The zero-order valence-corrected chi connectivity index (χ0v) is 12.9. The summed E-state index contributed by atoms with van der Waals surface area (Å²) in [5.74, 6) is 1.43. The van der Waals surface area contributed by atoms with Gasteiger partial charge in [-0.1, -0.05) is 24.3 Å². The van der Waals surface area contributed by atoms with Crippen LogP contribution in [-0.4, -0.2) is 4.98 Å². The fraction of sp³-hybridized carbons (Fsp3) is 0.118. The Morgan fingerprint density at radius 1 is 1.00 bits per heavy atom. The molecule has 3 aromatic rings. The van der Waals surface area contributed by atoms with E-state index >= 15 is 0 Å². The standard InChI is InChI=1S/C17H14BrNO/c1-11-7-8-16(14(18)9-11)20-17-12(2)10-13-5-3-4-6-15(13)19-17/h3-10H,1-2H3. The average molecular weight is 328 g/mol. The Morgan fingerprint density at radius 3 is 2.60 bits per heavy atom.